The molecule has 0 bridgehead atoms. The zero-order chi connectivity index (χ0) is 99.2. The Balaban J connectivity index is 4.57. The standard InChI is InChI=1S/C119H208O16P2/c1-4-7-10-13-16-19-22-25-28-31-34-37-40-43-46-49-52-54-56-58-61-63-66-69-72-75-78-81-84-87-90-93-96-99-102-105-117(122)129-108-114(120)109-131-136(125,126)132-110-115(121)111-133-137(127,128)134-113-116(135-119(124)107-104-101-98-95-92-89-86-83-80-77-74-71-68-65-60-51-48-45-42-39-36-33-30-27-24-21-18-15-12-9-6-3)112-130-118(123)106-103-100-97-94-91-88-85-82-79-76-73-70-67-64-62-59-57-55-53-50-47-44-41-38-35-32-29-26-23-20-17-14-11-8-5-2/h7,9-10,12,16-21,25-30,34-39,43-48,114-116,120-121H,4-6,8,11,13-15,22-24,31-33,40-42,49-113H2,1-3H3,(H,125,126)(H,127,128)/b10-7-,12-9-,19-16-,20-17-,21-18-,28-25-,29-26-,30-27-,37-34-,38-35-,39-36-,46-43-,47-44-,48-45-. The summed E-state index contributed by atoms with van der Waals surface area (Å²) in [5.74, 6) is -1.55. The summed E-state index contributed by atoms with van der Waals surface area (Å²) in [4.78, 5) is 59.4. The Hall–Kier alpha value is -5.09. The molecular weight excluding hydrogens is 1750 g/mol. The fourth-order valence-corrected chi connectivity index (χ4v) is 17.6. The molecule has 5 atom stereocenters. The van der Waals surface area contributed by atoms with Gasteiger partial charge in [-0.15, -0.1) is 0 Å². The SMILES string of the molecule is CC/C=C\C/C=C\C/C=C\C/C=C\C/C=C\CCCCCCCCCCCCCCCCCCCCCC(=O)OCC(O)COP(=O)(O)OCC(O)COP(=O)(O)OCC(COC(=O)CCCCCCCCCCCCCCCCCCCCC/C=C\C/C=C\C/C=C\C/C=C\CCCCC)OC(=O)CCCCCCCCCCCCCCCCC/C=C\C/C=C\C/C=C\C/C=C\C/C=C\CC. The number of aliphatic hydroxyl groups is 2. The van der Waals surface area contributed by atoms with Crippen molar-refractivity contribution in [2.45, 2.75) is 527 Å². The van der Waals surface area contributed by atoms with Crippen molar-refractivity contribution >= 4 is 33.6 Å². The molecule has 0 rings (SSSR count). The number of allylic oxidation sites excluding steroid dienone is 28. The van der Waals surface area contributed by atoms with E-state index in [0.29, 0.717) is 19.3 Å². The number of phosphoric acid groups is 2. The molecule has 0 radical (unpaired) electrons. The van der Waals surface area contributed by atoms with E-state index < -0.39 is 91.5 Å². The second-order valence-corrected chi connectivity index (χ2v) is 40.7. The topological polar surface area (TPSA) is 231 Å². The van der Waals surface area contributed by atoms with Gasteiger partial charge in [-0.25, -0.2) is 9.13 Å². The monoisotopic (exact) mass is 1960 g/mol. The van der Waals surface area contributed by atoms with Gasteiger partial charge in [-0.3, -0.25) is 32.5 Å². The lowest BCUT2D eigenvalue weighted by Crippen LogP contribution is -2.30. The molecule has 5 unspecified atom stereocenters. The number of carbonyl (C=O) groups is 3. The quantitative estimate of drug-likeness (QED) is 0.0146. The molecule has 0 amide bonds. The third-order valence-corrected chi connectivity index (χ3v) is 26.3. The van der Waals surface area contributed by atoms with E-state index in [1.165, 1.54) is 295 Å². The van der Waals surface area contributed by atoms with Crippen molar-refractivity contribution in [2.75, 3.05) is 39.6 Å². The summed E-state index contributed by atoms with van der Waals surface area (Å²) in [7, 11) is -9.82. The van der Waals surface area contributed by atoms with Crippen molar-refractivity contribution in [3.63, 3.8) is 0 Å². The number of hydrogen-bond donors (Lipinski definition) is 4. The Morgan fingerprint density at radius 2 is 0.387 bits per heavy atom. The largest absolute Gasteiger partial charge is 0.472 e. The lowest BCUT2D eigenvalue weighted by atomic mass is 10.0. The first-order chi connectivity index (χ1) is 67.2. The van der Waals surface area contributed by atoms with Crippen LogP contribution in [0.25, 0.3) is 0 Å². The van der Waals surface area contributed by atoms with Crippen molar-refractivity contribution in [3.8, 4) is 0 Å². The Kier molecular flexibility index (Phi) is 106. The van der Waals surface area contributed by atoms with Crippen LogP contribution in [0.5, 0.6) is 0 Å². The predicted octanol–water partition coefficient (Wildman–Crippen LogP) is 36.5. The smallest absolute Gasteiger partial charge is 0.463 e. The summed E-state index contributed by atoms with van der Waals surface area (Å²) in [6.07, 6.45) is 146. The highest BCUT2D eigenvalue weighted by Gasteiger charge is 2.30. The number of carbonyl (C=O) groups excluding carboxylic acids is 3. The third kappa shape index (κ3) is 111. The fourth-order valence-electron chi connectivity index (χ4n) is 16.0. The van der Waals surface area contributed by atoms with Crippen LogP contribution in [0.1, 0.15) is 509 Å². The highest BCUT2D eigenvalue weighted by molar-refractivity contribution is 7.47. The molecule has 0 heterocycles. The van der Waals surface area contributed by atoms with Crippen molar-refractivity contribution in [1.82, 2.24) is 0 Å². The Morgan fingerprint density at radius 1 is 0.212 bits per heavy atom. The molecule has 16 nitrogen and oxygen atoms in total. The molecule has 0 aromatic rings. The van der Waals surface area contributed by atoms with Crippen LogP contribution in [-0.4, -0.2) is 95.9 Å². The summed E-state index contributed by atoms with van der Waals surface area (Å²) in [6.45, 7) is 2.54. The Morgan fingerprint density at radius 3 is 0.613 bits per heavy atom. The normalized spacial score (nSPS) is 14.2. The van der Waals surface area contributed by atoms with Crippen molar-refractivity contribution in [1.29, 1.82) is 0 Å². The van der Waals surface area contributed by atoms with Crippen LogP contribution < -0.4 is 0 Å². The fraction of sp³-hybridized carbons (Fsp3) is 0.739. The Bertz CT molecular complexity index is 3170. The van der Waals surface area contributed by atoms with Gasteiger partial charge in [0.2, 0.25) is 0 Å². The van der Waals surface area contributed by atoms with Crippen molar-refractivity contribution < 1.29 is 75.8 Å². The molecule has 0 aliphatic heterocycles. The minimum Gasteiger partial charge on any atom is -0.463 e. The van der Waals surface area contributed by atoms with Gasteiger partial charge in [-0.05, 0) is 154 Å². The molecule has 4 N–H and O–H groups in total. The van der Waals surface area contributed by atoms with Gasteiger partial charge < -0.3 is 34.2 Å². The summed E-state index contributed by atoms with van der Waals surface area (Å²) < 4.78 is 61.9. The molecule has 0 aromatic heterocycles. The van der Waals surface area contributed by atoms with Crippen LogP contribution in [0.15, 0.2) is 170 Å². The molecule has 0 saturated carbocycles. The molecule has 0 saturated heterocycles. The van der Waals surface area contributed by atoms with E-state index in [0.717, 1.165) is 154 Å². The van der Waals surface area contributed by atoms with Crippen LogP contribution in [0, 0.1) is 0 Å². The van der Waals surface area contributed by atoms with Crippen LogP contribution in [0.4, 0.5) is 0 Å². The first kappa shape index (κ1) is 132. The zero-order valence-electron chi connectivity index (χ0n) is 88.0. The molecule has 790 valence electrons. The van der Waals surface area contributed by atoms with Crippen LogP contribution in [0.3, 0.4) is 0 Å². The van der Waals surface area contributed by atoms with Crippen molar-refractivity contribution in [2.24, 2.45) is 0 Å². The lowest BCUT2D eigenvalue weighted by Gasteiger charge is -2.21. The average molecular weight is 1960 g/mol. The molecule has 0 aliphatic carbocycles. The molecule has 18 heteroatoms. The maximum atomic E-state index is 13.2. The van der Waals surface area contributed by atoms with Gasteiger partial charge in [-0.2, -0.15) is 0 Å². The predicted molar refractivity (Wildman–Crippen MR) is 583 cm³/mol. The van der Waals surface area contributed by atoms with E-state index in [4.69, 9.17) is 32.3 Å². The minimum atomic E-state index is -4.95. The number of rotatable bonds is 107. The van der Waals surface area contributed by atoms with Gasteiger partial charge >= 0.3 is 33.6 Å². The number of hydrogen-bond acceptors (Lipinski definition) is 14. The third-order valence-electron chi connectivity index (χ3n) is 24.4. The number of esters is 3. The maximum absolute atomic E-state index is 13.2. The lowest BCUT2D eigenvalue weighted by molar-refractivity contribution is -0.161. The van der Waals surface area contributed by atoms with E-state index in [-0.39, 0.29) is 19.3 Å². The van der Waals surface area contributed by atoms with E-state index in [2.05, 4.69) is 191 Å². The minimum absolute atomic E-state index is 0.104. The van der Waals surface area contributed by atoms with Crippen LogP contribution in [0.2, 0.25) is 0 Å². The molecule has 0 aromatic carbocycles. The van der Waals surface area contributed by atoms with Gasteiger partial charge in [-0.1, -0.05) is 506 Å². The van der Waals surface area contributed by atoms with E-state index >= 15 is 0 Å². The van der Waals surface area contributed by atoms with Crippen molar-refractivity contribution in [3.05, 3.63) is 170 Å². The number of aliphatic hydroxyl groups excluding tert-OH is 2. The number of unbranched alkanes of at least 4 members (excludes halogenated alkanes) is 56. The van der Waals surface area contributed by atoms with E-state index in [1.807, 2.05) is 0 Å². The summed E-state index contributed by atoms with van der Waals surface area (Å²) in [5, 5.41) is 20.8. The second-order valence-electron chi connectivity index (χ2n) is 37.8. The maximum Gasteiger partial charge on any atom is 0.472 e. The Labute approximate surface area is 841 Å². The number of ether oxygens (including phenoxy) is 3. The van der Waals surface area contributed by atoms with Gasteiger partial charge in [0.1, 0.15) is 25.4 Å². The second kappa shape index (κ2) is 110. The zero-order valence-corrected chi connectivity index (χ0v) is 89.8. The number of phosphoric ester groups is 2. The van der Waals surface area contributed by atoms with Gasteiger partial charge in [0.15, 0.2) is 6.10 Å². The highest BCUT2D eigenvalue weighted by atomic mass is 31.2. The van der Waals surface area contributed by atoms with Crippen LogP contribution in [-0.2, 0) is 55.8 Å². The van der Waals surface area contributed by atoms with E-state index in [1.54, 1.807) is 0 Å². The molecule has 0 fully saturated rings. The average Bonchev–Trinajstić information content (AvgIpc) is 0.898. The highest BCUT2D eigenvalue weighted by Crippen LogP contribution is 2.45. The van der Waals surface area contributed by atoms with Gasteiger partial charge in [0.25, 0.3) is 0 Å². The summed E-state index contributed by atoms with van der Waals surface area (Å²) in [5.41, 5.74) is 0. The first-order valence-corrected chi connectivity index (χ1v) is 59.4. The first-order valence-electron chi connectivity index (χ1n) is 56.4. The van der Waals surface area contributed by atoms with Gasteiger partial charge in [0, 0.05) is 19.3 Å². The summed E-state index contributed by atoms with van der Waals surface area (Å²) in [6, 6.07) is 0. The molecule has 0 spiro atoms. The van der Waals surface area contributed by atoms with Crippen LogP contribution >= 0.6 is 15.6 Å². The van der Waals surface area contributed by atoms with E-state index in [9.17, 15) is 43.5 Å². The molecule has 137 heavy (non-hydrogen) atoms. The molecular formula is C119H208O16P2. The summed E-state index contributed by atoms with van der Waals surface area (Å²) >= 11 is 0. The molecule has 0 aliphatic rings. The van der Waals surface area contributed by atoms with Gasteiger partial charge in [0.05, 0.1) is 26.4 Å².